The molecule has 118 valence electrons. The fourth-order valence-corrected chi connectivity index (χ4v) is 3.67. The number of hydrogen-bond acceptors (Lipinski definition) is 5. The second kappa shape index (κ2) is 6.13. The summed E-state index contributed by atoms with van der Waals surface area (Å²) in [6.45, 7) is 10.4. The van der Waals surface area contributed by atoms with E-state index >= 15 is 0 Å². The molecule has 5 nitrogen and oxygen atoms in total. The second-order valence-corrected chi connectivity index (χ2v) is 7.08. The molecule has 2 rings (SSSR count). The molecule has 1 aromatic rings. The van der Waals surface area contributed by atoms with Crippen LogP contribution in [0.4, 0.5) is 10.7 Å². The molecular weight excluding hydrogens is 286 g/mol. The van der Waals surface area contributed by atoms with Crippen molar-refractivity contribution < 1.29 is 9.53 Å². The van der Waals surface area contributed by atoms with Gasteiger partial charge in [-0.15, -0.1) is 11.3 Å². The summed E-state index contributed by atoms with van der Waals surface area (Å²) >= 11 is 1.43. The standard InChI is InChI=1S/C15H25N3O2S/c1-8(2)20-12-11(16)13(14(19)17-5)21-15(12)18-6-9(3)10(4)7-18/h8-10H,6-7,16H2,1-5H3,(H,17,19). The van der Waals surface area contributed by atoms with E-state index in [1.54, 1.807) is 7.05 Å². The van der Waals surface area contributed by atoms with Crippen LogP contribution in [0.2, 0.25) is 0 Å². The molecule has 1 fully saturated rings. The van der Waals surface area contributed by atoms with Gasteiger partial charge in [0.2, 0.25) is 0 Å². The summed E-state index contributed by atoms with van der Waals surface area (Å²) in [6, 6.07) is 0. The molecule has 0 aromatic carbocycles. The summed E-state index contributed by atoms with van der Waals surface area (Å²) in [5, 5.41) is 3.62. The summed E-state index contributed by atoms with van der Waals surface area (Å²) in [7, 11) is 1.62. The Kier molecular flexibility index (Phi) is 4.66. The Bertz CT molecular complexity index is 517. The molecule has 0 bridgehead atoms. The predicted molar refractivity (Wildman–Crippen MR) is 88.4 cm³/mol. The molecule has 0 radical (unpaired) electrons. The highest BCUT2D eigenvalue weighted by Gasteiger charge is 2.32. The van der Waals surface area contributed by atoms with Crippen molar-refractivity contribution in [1.29, 1.82) is 0 Å². The number of hydrogen-bond donors (Lipinski definition) is 2. The van der Waals surface area contributed by atoms with Crippen molar-refractivity contribution in [1.82, 2.24) is 5.32 Å². The average molecular weight is 311 g/mol. The normalized spacial score (nSPS) is 21.9. The van der Waals surface area contributed by atoms with Crippen LogP contribution in [0.25, 0.3) is 0 Å². The number of ether oxygens (including phenoxy) is 1. The Morgan fingerprint density at radius 1 is 1.38 bits per heavy atom. The van der Waals surface area contributed by atoms with Crippen LogP contribution in [0.5, 0.6) is 5.75 Å². The van der Waals surface area contributed by atoms with Crippen molar-refractivity contribution in [3.05, 3.63) is 4.88 Å². The van der Waals surface area contributed by atoms with Gasteiger partial charge in [-0.2, -0.15) is 0 Å². The molecule has 2 atom stereocenters. The van der Waals surface area contributed by atoms with Gasteiger partial charge in [0.15, 0.2) is 5.75 Å². The summed E-state index contributed by atoms with van der Waals surface area (Å²) < 4.78 is 5.90. The van der Waals surface area contributed by atoms with Crippen LogP contribution >= 0.6 is 11.3 Å². The molecule has 3 N–H and O–H groups in total. The molecular formula is C15H25N3O2S. The number of nitrogens with two attached hydrogens (primary N) is 1. The molecule has 1 aromatic heterocycles. The van der Waals surface area contributed by atoms with E-state index in [4.69, 9.17) is 10.5 Å². The number of thiophene rings is 1. The highest BCUT2D eigenvalue weighted by molar-refractivity contribution is 7.19. The number of anilines is 2. The Labute approximate surface area is 130 Å². The first-order valence-electron chi connectivity index (χ1n) is 7.41. The third-order valence-corrected chi connectivity index (χ3v) is 5.19. The van der Waals surface area contributed by atoms with E-state index in [0.717, 1.165) is 18.1 Å². The molecule has 0 spiro atoms. The fraction of sp³-hybridized carbons (Fsp3) is 0.667. The monoisotopic (exact) mass is 311 g/mol. The quantitative estimate of drug-likeness (QED) is 0.897. The predicted octanol–water partition coefficient (Wildman–Crippen LogP) is 2.57. The van der Waals surface area contributed by atoms with E-state index in [2.05, 4.69) is 24.1 Å². The Morgan fingerprint density at radius 2 is 1.95 bits per heavy atom. The van der Waals surface area contributed by atoms with Gasteiger partial charge in [-0.05, 0) is 25.7 Å². The van der Waals surface area contributed by atoms with Gasteiger partial charge in [-0.3, -0.25) is 4.79 Å². The maximum Gasteiger partial charge on any atom is 0.263 e. The Morgan fingerprint density at radius 3 is 2.43 bits per heavy atom. The Hall–Kier alpha value is -1.43. The minimum Gasteiger partial charge on any atom is -0.486 e. The van der Waals surface area contributed by atoms with Crippen molar-refractivity contribution >= 4 is 27.9 Å². The number of carbonyl (C=O) groups is 1. The lowest BCUT2D eigenvalue weighted by Gasteiger charge is -2.19. The second-order valence-electron chi connectivity index (χ2n) is 6.08. The van der Waals surface area contributed by atoms with E-state index in [0.29, 0.717) is 28.1 Å². The minimum absolute atomic E-state index is 0.0237. The average Bonchev–Trinajstić information content (AvgIpc) is 2.91. The van der Waals surface area contributed by atoms with Crippen LogP contribution in [0, 0.1) is 11.8 Å². The van der Waals surface area contributed by atoms with Gasteiger partial charge in [0.1, 0.15) is 15.6 Å². The number of rotatable bonds is 4. The first-order chi connectivity index (χ1) is 9.85. The highest BCUT2D eigenvalue weighted by Crippen LogP contribution is 2.47. The number of nitrogens with zero attached hydrogens (tertiary/aromatic N) is 1. The molecule has 0 aliphatic carbocycles. The third kappa shape index (κ3) is 3.10. The zero-order valence-corrected chi connectivity index (χ0v) is 14.2. The first-order valence-corrected chi connectivity index (χ1v) is 8.22. The summed E-state index contributed by atoms with van der Waals surface area (Å²) in [5.41, 5.74) is 6.62. The molecule has 6 heteroatoms. The molecule has 2 unspecified atom stereocenters. The summed E-state index contributed by atoms with van der Waals surface area (Å²) in [5.74, 6) is 1.76. The number of nitrogen functional groups attached to an aromatic ring is 1. The maximum absolute atomic E-state index is 12.0. The lowest BCUT2D eigenvalue weighted by molar-refractivity contribution is 0.0967. The molecule has 1 amide bonds. The van der Waals surface area contributed by atoms with Gasteiger partial charge >= 0.3 is 0 Å². The lowest BCUT2D eigenvalue weighted by atomic mass is 10.0. The molecule has 0 saturated carbocycles. The largest absolute Gasteiger partial charge is 0.486 e. The van der Waals surface area contributed by atoms with Crippen molar-refractivity contribution in [2.75, 3.05) is 30.8 Å². The number of carbonyl (C=O) groups excluding carboxylic acids is 1. The smallest absolute Gasteiger partial charge is 0.263 e. The fourth-order valence-electron chi connectivity index (χ4n) is 2.55. The topological polar surface area (TPSA) is 67.6 Å². The number of nitrogens with one attached hydrogen (secondary N) is 1. The van der Waals surface area contributed by atoms with E-state index in [1.807, 2.05) is 13.8 Å². The Balaban J connectivity index is 2.41. The van der Waals surface area contributed by atoms with E-state index < -0.39 is 0 Å². The van der Waals surface area contributed by atoms with Crippen molar-refractivity contribution in [3.63, 3.8) is 0 Å². The van der Waals surface area contributed by atoms with Crippen LogP contribution in [0.3, 0.4) is 0 Å². The van der Waals surface area contributed by atoms with Gasteiger partial charge in [0, 0.05) is 20.1 Å². The van der Waals surface area contributed by atoms with Gasteiger partial charge in [-0.25, -0.2) is 0 Å². The van der Waals surface area contributed by atoms with Crippen LogP contribution in [-0.2, 0) is 0 Å². The molecule has 21 heavy (non-hydrogen) atoms. The maximum atomic E-state index is 12.0. The summed E-state index contributed by atoms with van der Waals surface area (Å²) in [6.07, 6.45) is 0.0237. The highest BCUT2D eigenvalue weighted by atomic mass is 32.1. The van der Waals surface area contributed by atoms with E-state index in [-0.39, 0.29) is 12.0 Å². The first kappa shape index (κ1) is 15.9. The van der Waals surface area contributed by atoms with Crippen LogP contribution in [-0.4, -0.2) is 32.1 Å². The van der Waals surface area contributed by atoms with Gasteiger partial charge in [0.25, 0.3) is 5.91 Å². The van der Waals surface area contributed by atoms with Crippen LogP contribution in [0.1, 0.15) is 37.4 Å². The van der Waals surface area contributed by atoms with Crippen molar-refractivity contribution in [2.24, 2.45) is 11.8 Å². The third-order valence-electron chi connectivity index (χ3n) is 3.94. The molecule has 1 saturated heterocycles. The van der Waals surface area contributed by atoms with Gasteiger partial charge < -0.3 is 20.7 Å². The van der Waals surface area contributed by atoms with Gasteiger partial charge in [-0.1, -0.05) is 13.8 Å². The zero-order valence-electron chi connectivity index (χ0n) is 13.4. The van der Waals surface area contributed by atoms with Crippen molar-refractivity contribution in [3.8, 4) is 5.75 Å². The minimum atomic E-state index is -0.155. The van der Waals surface area contributed by atoms with E-state index in [9.17, 15) is 4.79 Å². The number of amides is 1. The van der Waals surface area contributed by atoms with E-state index in [1.165, 1.54) is 11.3 Å². The van der Waals surface area contributed by atoms with Crippen LogP contribution in [0.15, 0.2) is 0 Å². The molecule has 1 aliphatic heterocycles. The summed E-state index contributed by atoms with van der Waals surface area (Å²) in [4.78, 5) is 14.8. The van der Waals surface area contributed by atoms with Crippen LogP contribution < -0.4 is 20.7 Å². The van der Waals surface area contributed by atoms with Gasteiger partial charge in [0.05, 0.1) is 6.10 Å². The zero-order chi connectivity index (χ0) is 15.7. The molecule has 1 aliphatic rings. The van der Waals surface area contributed by atoms with Crippen molar-refractivity contribution in [2.45, 2.75) is 33.8 Å². The molecule has 2 heterocycles. The lowest BCUT2D eigenvalue weighted by Crippen LogP contribution is -2.20. The SMILES string of the molecule is CNC(=O)c1sc(N2CC(C)C(C)C2)c(OC(C)C)c1N.